The molecule has 0 spiro atoms. The van der Waals surface area contributed by atoms with Crippen molar-refractivity contribution in [1.29, 1.82) is 0 Å². The Balaban J connectivity index is 3.09. The molecule has 1 aliphatic rings. The summed E-state index contributed by atoms with van der Waals surface area (Å²) in [7, 11) is 0. The van der Waals surface area contributed by atoms with Crippen LogP contribution in [0.1, 0.15) is 0 Å². The summed E-state index contributed by atoms with van der Waals surface area (Å²) < 4.78 is 0. The quantitative estimate of drug-likeness (QED) is 0.424. The number of allylic oxidation sites excluding steroid dienone is 2. The Morgan fingerprint density at radius 3 is 2.77 bits per heavy atom. The van der Waals surface area contributed by atoms with E-state index in [1.54, 1.807) is 0 Å². The monoisotopic (exact) mass is 202 g/mol. The lowest BCUT2D eigenvalue weighted by Crippen LogP contribution is -2.33. The van der Waals surface area contributed by atoms with Crippen molar-refractivity contribution in [1.82, 2.24) is 5.43 Å². The summed E-state index contributed by atoms with van der Waals surface area (Å²) in [5.74, 6) is 2.50. The van der Waals surface area contributed by atoms with Crippen LogP contribution in [0.4, 0.5) is 0 Å². The van der Waals surface area contributed by atoms with Crippen LogP contribution < -0.4 is 11.3 Å². The summed E-state index contributed by atoms with van der Waals surface area (Å²) in [6.45, 7) is 0. The van der Waals surface area contributed by atoms with E-state index in [0.717, 1.165) is 6.08 Å². The van der Waals surface area contributed by atoms with Crippen molar-refractivity contribution in [2.75, 3.05) is 0 Å². The summed E-state index contributed by atoms with van der Waals surface area (Å²) >= 11 is 5.55. The zero-order valence-corrected chi connectivity index (χ0v) is 7.21. The SMILES string of the molecule is NNC1=C(Cl)C(=O)C=CC1C(=O)O. The summed E-state index contributed by atoms with van der Waals surface area (Å²) in [6.07, 6.45) is 2.34. The van der Waals surface area contributed by atoms with E-state index in [9.17, 15) is 9.59 Å². The maximum absolute atomic E-state index is 11.0. The molecule has 5 nitrogen and oxygen atoms in total. The Hall–Kier alpha value is -1.33. The second-order valence-electron chi connectivity index (χ2n) is 2.41. The number of carboxylic acids is 1. The normalized spacial score (nSPS) is 22.0. The van der Waals surface area contributed by atoms with Gasteiger partial charge in [0.15, 0.2) is 5.78 Å². The summed E-state index contributed by atoms with van der Waals surface area (Å²) in [5, 5.41) is 8.51. The van der Waals surface area contributed by atoms with Crippen molar-refractivity contribution in [3.8, 4) is 0 Å². The van der Waals surface area contributed by atoms with E-state index in [-0.39, 0.29) is 10.7 Å². The van der Waals surface area contributed by atoms with Crippen LogP contribution >= 0.6 is 11.6 Å². The fourth-order valence-electron chi connectivity index (χ4n) is 0.981. The summed E-state index contributed by atoms with van der Waals surface area (Å²) in [5.41, 5.74) is 2.13. The lowest BCUT2D eigenvalue weighted by Gasteiger charge is -2.16. The number of nitrogens with two attached hydrogens (primary N) is 1. The lowest BCUT2D eigenvalue weighted by atomic mass is 9.99. The molecule has 0 aromatic carbocycles. The van der Waals surface area contributed by atoms with E-state index in [0.29, 0.717) is 0 Å². The van der Waals surface area contributed by atoms with E-state index < -0.39 is 17.7 Å². The standard InChI is InChI=1S/C7H7ClN2O3/c8-5-4(11)2-1-3(7(12)13)6(5)10-9/h1-3,10H,9H2,(H,12,13). The molecule has 1 aliphatic carbocycles. The third-order valence-corrected chi connectivity index (χ3v) is 2.02. The number of aliphatic carboxylic acids is 1. The van der Waals surface area contributed by atoms with Gasteiger partial charge in [-0.2, -0.15) is 0 Å². The minimum absolute atomic E-state index is 0.0154. The molecule has 1 atom stereocenters. The van der Waals surface area contributed by atoms with Crippen LogP contribution in [-0.4, -0.2) is 16.9 Å². The molecule has 70 valence electrons. The highest BCUT2D eigenvalue weighted by Gasteiger charge is 2.27. The number of halogens is 1. The Bertz CT molecular complexity index is 322. The van der Waals surface area contributed by atoms with Gasteiger partial charge in [-0.25, -0.2) is 0 Å². The maximum atomic E-state index is 11.0. The van der Waals surface area contributed by atoms with Gasteiger partial charge in [-0.1, -0.05) is 17.7 Å². The largest absolute Gasteiger partial charge is 0.481 e. The van der Waals surface area contributed by atoms with Gasteiger partial charge in [0.25, 0.3) is 0 Å². The predicted octanol–water partition coefficient (Wildman–Crippen LogP) is -0.260. The molecule has 1 rings (SSSR count). The summed E-state index contributed by atoms with van der Waals surface area (Å²) in [6, 6.07) is 0. The van der Waals surface area contributed by atoms with Crippen molar-refractivity contribution >= 4 is 23.4 Å². The highest BCUT2D eigenvalue weighted by Crippen LogP contribution is 2.22. The Morgan fingerprint density at radius 2 is 2.31 bits per heavy atom. The highest BCUT2D eigenvalue weighted by atomic mass is 35.5. The number of rotatable bonds is 2. The van der Waals surface area contributed by atoms with Crippen LogP contribution in [0.25, 0.3) is 0 Å². The fraction of sp³-hybridized carbons (Fsp3) is 0.143. The second kappa shape index (κ2) is 3.59. The Morgan fingerprint density at radius 1 is 1.69 bits per heavy atom. The number of hydrogen-bond acceptors (Lipinski definition) is 4. The molecule has 0 bridgehead atoms. The maximum Gasteiger partial charge on any atom is 0.316 e. The number of carbonyl (C=O) groups excluding carboxylic acids is 1. The van der Waals surface area contributed by atoms with Crippen LogP contribution in [0.15, 0.2) is 22.9 Å². The molecular weight excluding hydrogens is 196 g/mol. The molecule has 0 radical (unpaired) electrons. The number of carbonyl (C=O) groups is 2. The minimum Gasteiger partial charge on any atom is -0.481 e. The number of ketones is 1. The van der Waals surface area contributed by atoms with E-state index in [2.05, 4.69) is 5.43 Å². The van der Waals surface area contributed by atoms with Crippen LogP contribution in [-0.2, 0) is 9.59 Å². The Labute approximate surface area is 78.8 Å². The average molecular weight is 203 g/mol. The minimum atomic E-state index is -1.12. The molecule has 0 aromatic heterocycles. The molecule has 6 heteroatoms. The van der Waals surface area contributed by atoms with Crippen molar-refractivity contribution in [2.45, 2.75) is 0 Å². The first-order valence-corrected chi connectivity index (χ1v) is 3.77. The van der Waals surface area contributed by atoms with Crippen molar-refractivity contribution in [3.63, 3.8) is 0 Å². The number of carboxylic acid groups (broad SMARTS) is 1. The van der Waals surface area contributed by atoms with Gasteiger partial charge in [-0.3, -0.25) is 15.4 Å². The van der Waals surface area contributed by atoms with Crippen molar-refractivity contribution < 1.29 is 14.7 Å². The van der Waals surface area contributed by atoms with Crippen LogP contribution in [0, 0.1) is 5.92 Å². The molecule has 0 saturated carbocycles. The molecule has 1 unspecified atom stereocenters. The van der Waals surface area contributed by atoms with Crippen LogP contribution in [0.2, 0.25) is 0 Å². The lowest BCUT2D eigenvalue weighted by molar-refractivity contribution is -0.139. The van der Waals surface area contributed by atoms with Crippen LogP contribution in [0.3, 0.4) is 0 Å². The van der Waals surface area contributed by atoms with Gasteiger partial charge in [-0.15, -0.1) is 0 Å². The van der Waals surface area contributed by atoms with E-state index in [1.165, 1.54) is 6.08 Å². The smallest absolute Gasteiger partial charge is 0.316 e. The molecule has 0 amide bonds. The molecule has 0 heterocycles. The van der Waals surface area contributed by atoms with Gasteiger partial charge in [0.2, 0.25) is 0 Å². The van der Waals surface area contributed by atoms with E-state index >= 15 is 0 Å². The molecule has 13 heavy (non-hydrogen) atoms. The first-order valence-electron chi connectivity index (χ1n) is 3.39. The number of nitrogens with one attached hydrogen (secondary N) is 1. The number of hydrazine groups is 1. The average Bonchev–Trinajstić information content (AvgIpc) is 2.09. The molecule has 4 N–H and O–H groups in total. The van der Waals surface area contributed by atoms with Crippen LogP contribution in [0.5, 0.6) is 0 Å². The topological polar surface area (TPSA) is 92.4 Å². The third kappa shape index (κ3) is 1.71. The highest BCUT2D eigenvalue weighted by molar-refractivity contribution is 6.45. The molecule has 0 aromatic rings. The van der Waals surface area contributed by atoms with Gasteiger partial charge < -0.3 is 10.5 Å². The van der Waals surface area contributed by atoms with Gasteiger partial charge in [0.1, 0.15) is 11.0 Å². The van der Waals surface area contributed by atoms with Crippen molar-refractivity contribution in [3.05, 3.63) is 22.9 Å². The number of hydrogen-bond donors (Lipinski definition) is 3. The Kier molecular flexibility index (Phi) is 2.69. The fourth-order valence-corrected chi connectivity index (χ4v) is 1.22. The van der Waals surface area contributed by atoms with Gasteiger partial charge in [0, 0.05) is 0 Å². The second-order valence-corrected chi connectivity index (χ2v) is 2.79. The van der Waals surface area contributed by atoms with E-state index in [1.807, 2.05) is 0 Å². The molecule has 0 fully saturated rings. The van der Waals surface area contributed by atoms with Gasteiger partial charge >= 0.3 is 5.97 Å². The van der Waals surface area contributed by atoms with Gasteiger partial charge in [-0.05, 0) is 6.08 Å². The zero-order valence-electron chi connectivity index (χ0n) is 6.45. The third-order valence-electron chi connectivity index (χ3n) is 1.63. The van der Waals surface area contributed by atoms with Crippen molar-refractivity contribution in [2.24, 2.45) is 11.8 Å². The molecular formula is C7H7ClN2O3. The van der Waals surface area contributed by atoms with E-state index in [4.69, 9.17) is 22.6 Å². The first kappa shape index (κ1) is 9.76. The predicted molar refractivity (Wildman–Crippen MR) is 45.5 cm³/mol. The first-order chi connectivity index (χ1) is 6.07. The molecule has 0 saturated heterocycles. The summed E-state index contributed by atoms with van der Waals surface area (Å²) in [4.78, 5) is 21.6. The zero-order chi connectivity index (χ0) is 10.0. The molecule has 0 aliphatic heterocycles. The van der Waals surface area contributed by atoms with Gasteiger partial charge in [0.05, 0.1) is 5.70 Å².